The zero-order valence-corrected chi connectivity index (χ0v) is 8.34. The molecular formula is C9H10BrFO. The van der Waals surface area contributed by atoms with Gasteiger partial charge in [0.15, 0.2) is 5.01 Å². The quantitative estimate of drug-likeness (QED) is 0.727. The van der Waals surface area contributed by atoms with E-state index in [1.165, 1.54) is 12.1 Å². The predicted molar refractivity (Wildman–Crippen MR) is 50.0 cm³/mol. The van der Waals surface area contributed by atoms with Crippen LogP contribution in [0.15, 0.2) is 24.3 Å². The van der Waals surface area contributed by atoms with Gasteiger partial charge in [-0.2, -0.15) is 0 Å². The summed E-state index contributed by atoms with van der Waals surface area (Å²) < 4.78 is 17.9. The fourth-order valence-electron chi connectivity index (χ4n) is 0.771. The third kappa shape index (κ3) is 2.81. The van der Waals surface area contributed by atoms with Gasteiger partial charge in [-0.15, -0.1) is 0 Å². The summed E-state index contributed by atoms with van der Waals surface area (Å²) in [4.78, 5) is 0. The highest BCUT2D eigenvalue weighted by atomic mass is 79.9. The first-order valence-electron chi connectivity index (χ1n) is 3.78. The lowest BCUT2D eigenvalue weighted by molar-refractivity contribution is 0.289. The van der Waals surface area contributed by atoms with Crippen LogP contribution in [-0.2, 0) is 0 Å². The van der Waals surface area contributed by atoms with E-state index in [2.05, 4.69) is 15.9 Å². The van der Waals surface area contributed by atoms with Crippen molar-refractivity contribution in [2.75, 3.05) is 0 Å². The largest absolute Gasteiger partial charge is 0.479 e. The smallest absolute Gasteiger partial charge is 0.153 e. The molecule has 0 bridgehead atoms. The number of hydrogen-bond acceptors (Lipinski definition) is 1. The van der Waals surface area contributed by atoms with E-state index in [0.717, 1.165) is 6.42 Å². The lowest BCUT2D eigenvalue weighted by atomic mass is 10.3. The molecule has 0 spiro atoms. The average Bonchev–Trinajstić information content (AvgIpc) is 2.04. The highest BCUT2D eigenvalue weighted by Crippen LogP contribution is 2.17. The number of hydrogen-bond donors (Lipinski definition) is 0. The first-order valence-corrected chi connectivity index (χ1v) is 4.70. The number of halogens is 2. The number of benzene rings is 1. The van der Waals surface area contributed by atoms with E-state index < -0.39 is 0 Å². The molecule has 0 N–H and O–H groups in total. The first-order chi connectivity index (χ1) is 5.72. The molecule has 0 heterocycles. The lowest BCUT2D eigenvalue weighted by Crippen LogP contribution is -2.05. The van der Waals surface area contributed by atoms with Crippen LogP contribution in [0.2, 0.25) is 0 Å². The van der Waals surface area contributed by atoms with E-state index in [-0.39, 0.29) is 10.8 Å². The maximum absolute atomic E-state index is 12.6. The van der Waals surface area contributed by atoms with E-state index in [1.54, 1.807) is 12.1 Å². The van der Waals surface area contributed by atoms with Crippen molar-refractivity contribution in [3.63, 3.8) is 0 Å². The molecule has 1 aromatic carbocycles. The van der Waals surface area contributed by atoms with Crippen molar-refractivity contribution in [1.29, 1.82) is 0 Å². The molecule has 12 heavy (non-hydrogen) atoms. The summed E-state index contributed by atoms with van der Waals surface area (Å²) in [7, 11) is 0. The van der Waals surface area contributed by atoms with Gasteiger partial charge < -0.3 is 4.74 Å². The third-order valence-electron chi connectivity index (χ3n) is 1.38. The predicted octanol–water partition coefficient (Wildman–Crippen LogP) is 3.34. The van der Waals surface area contributed by atoms with E-state index >= 15 is 0 Å². The lowest BCUT2D eigenvalue weighted by Gasteiger charge is -2.10. The summed E-state index contributed by atoms with van der Waals surface area (Å²) in [5, 5.41) is -0.0423. The summed E-state index contributed by atoms with van der Waals surface area (Å²) in [5.41, 5.74) is 0. The Morgan fingerprint density at radius 3 is 2.92 bits per heavy atom. The molecule has 1 atom stereocenters. The molecule has 0 fully saturated rings. The first kappa shape index (κ1) is 9.52. The zero-order chi connectivity index (χ0) is 8.97. The van der Waals surface area contributed by atoms with Crippen LogP contribution in [0.1, 0.15) is 13.3 Å². The van der Waals surface area contributed by atoms with Crippen molar-refractivity contribution in [1.82, 2.24) is 0 Å². The summed E-state index contributed by atoms with van der Waals surface area (Å²) in [6.45, 7) is 1.98. The molecule has 0 aliphatic rings. The van der Waals surface area contributed by atoms with Crippen molar-refractivity contribution in [2.45, 2.75) is 18.4 Å². The fourth-order valence-corrected chi connectivity index (χ4v) is 0.987. The van der Waals surface area contributed by atoms with E-state index in [0.29, 0.717) is 5.75 Å². The Morgan fingerprint density at radius 1 is 1.58 bits per heavy atom. The minimum absolute atomic E-state index is 0.0423. The van der Waals surface area contributed by atoms with Crippen molar-refractivity contribution < 1.29 is 9.13 Å². The van der Waals surface area contributed by atoms with Gasteiger partial charge in [-0.3, -0.25) is 0 Å². The average molecular weight is 233 g/mol. The molecular weight excluding hydrogens is 223 g/mol. The molecule has 0 amide bonds. The number of alkyl halides is 1. The molecule has 0 saturated heterocycles. The van der Waals surface area contributed by atoms with Crippen LogP contribution in [-0.4, -0.2) is 5.01 Å². The highest BCUT2D eigenvalue weighted by Gasteiger charge is 2.02. The normalized spacial score (nSPS) is 12.6. The van der Waals surface area contributed by atoms with Gasteiger partial charge in [-0.1, -0.05) is 13.0 Å². The van der Waals surface area contributed by atoms with Crippen LogP contribution >= 0.6 is 15.9 Å². The Bertz CT molecular complexity index is 252. The summed E-state index contributed by atoms with van der Waals surface area (Å²) in [5.74, 6) is 0.280. The molecule has 1 unspecified atom stereocenters. The maximum Gasteiger partial charge on any atom is 0.153 e. The topological polar surface area (TPSA) is 9.23 Å². The minimum atomic E-state index is -0.275. The maximum atomic E-state index is 12.6. The Labute approximate surface area is 79.7 Å². The van der Waals surface area contributed by atoms with Gasteiger partial charge in [0.2, 0.25) is 0 Å². The van der Waals surface area contributed by atoms with Crippen LogP contribution in [0, 0.1) is 5.82 Å². The van der Waals surface area contributed by atoms with Gasteiger partial charge in [0.25, 0.3) is 0 Å². The van der Waals surface area contributed by atoms with Crippen LogP contribution in [0.4, 0.5) is 4.39 Å². The molecule has 0 saturated carbocycles. The number of rotatable bonds is 3. The van der Waals surface area contributed by atoms with E-state index in [1.807, 2.05) is 6.92 Å². The zero-order valence-electron chi connectivity index (χ0n) is 6.76. The third-order valence-corrected chi connectivity index (χ3v) is 2.22. The van der Waals surface area contributed by atoms with E-state index in [4.69, 9.17) is 4.74 Å². The van der Waals surface area contributed by atoms with Gasteiger partial charge in [-0.25, -0.2) is 4.39 Å². The Kier molecular flexibility index (Phi) is 3.53. The van der Waals surface area contributed by atoms with Crippen molar-refractivity contribution >= 4 is 15.9 Å². The molecule has 0 aromatic heterocycles. The molecule has 66 valence electrons. The molecule has 0 aliphatic carbocycles. The van der Waals surface area contributed by atoms with Crippen LogP contribution < -0.4 is 4.74 Å². The van der Waals surface area contributed by atoms with Gasteiger partial charge >= 0.3 is 0 Å². The summed E-state index contributed by atoms with van der Waals surface area (Å²) in [6.07, 6.45) is 0.844. The Balaban J connectivity index is 2.63. The Morgan fingerprint density at radius 2 is 2.33 bits per heavy atom. The highest BCUT2D eigenvalue weighted by molar-refractivity contribution is 9.09. The summed E-state index contributed by atoms with van der Waals surface area (Å²) >= 11 is 3.29. The SMILES string of the molecule is CCC(Br)Oc1cccc(F)c1. The van der Waals surface area contributed by atoms with Crippen molar-refractivity contribution in [2.24, 2.45) is 0 Å². The standard InChI is InChI=1S/C9H10BrFO/c1-2-9(10)12-8-5-3-4-7(11)6-8/h3-6,9H,2H2,1H3. The second-order valence-electron chi connectivity index (χ2n) is 2.39. The molecule has 3 heteroatoms. The minimum Gasteiger partial charge on any atom is -0.479 e. The second kappa shape index (κ2) is 4.45. The van der Waals surface area contributed by atoms with Crippen LogP contribution in [0.3, 0.4) is 0 Å². The molecule has 1 nitrogen and oxygen atoms in total. The van der Waals surface area contributed by atoms with Gasteiger partial charge in [-0.05, 0) is 34.5 Å². The molecule has 0 radical (unpaired) electrons. The van der Waals surface area contributed by atoms with Crippen molar-refractivity contribution in [3.8, 4) is 5.75 Å². The molecule has 0 aliphatic heterocycles. The fraction of sp³-hybridized carbons (Fsp3) is 0.333. The monoisotopic (exact) mass is 232 g/mol. The molecule has 1 rings (SSSR count). The summed E-state index contributed by atoms with van der Waals surface area (Å²) in [6, 6.07) is 6.11. The van der Waals surface area contributed by atoms with Crippen LogP contribution in [0.25, 0.3) is 0 Å². The van der Waals surface area contributed by atoms with E-state index in [9.17, 15) is 4.39 Å². The van der Waals surface area contributed by atoms with Gasteiger partial charge in [0.1, 0.15) is 11.6 Å². The Hall–Kier alpha value is -0.570. The van der Waals surface area contributed by atoms with Gasteiger partial charge in [0, 0.05) is 6.07 Å². The van der Waals surface area contributed by atoms with Crippen LogP contribution in [0.5, 0.6) is 5.75 Å². The van der Waals surface area contributed by atoms with Crippen molar-refractivity contribution in [3.05, 3.63) is 30.1 Å². The number of ether oxygens (including phenoxy) is 1. The molecule has 1 aromatic rings. The van der Waals surface area contributed by atoms with Gasteiger partial charge in [0.05, 0.1) is 0 Å². The second-order valence-corrected chi connectivity index (χ2v) is 3.41.